The summed E-state index contributed by atoms with van der Waals surface area (Å²) in [6.45, 7) is 0. The molecule has 1 heterocycles. The lowest BCUT2D eigenvalue weighted by Crippen LogP contribution is -2.46. The average molecular weight is 546 g/mol. The number of rotatable bonds is 5. The molecule has 0 fully saturated rings. The van der Waals surface area contributed by atoms with Crippen LogP contribution in [0.5, 0.6) is 11.5 Å². The van der Waals surface area contributed by atoms with Crippen molar-refractivity contribution < 1.29 is 67.4 Å². The number of carbonyl (C=O) groups is 2. The molecule has 0 amide bonds. The first kappa shape index (κ1) is 27.5. The predicted octanol–water partition coefficient (Wildman–Crippen LogP) is 5.67. The Labute approximate surface area is 197 Å². The van der Waals surface area contributed by atoms with Gasteiger partial charge in [-0.1, -0.05) is 12.1 Å². The highest BCUT2D eigenvalue weighted by atomic mass is 19.4. The number of hydrogen-bond donors (Lipinski definition) is 0. The van der Waals surface area contributed by atoms with E-state index in [4.69, 9.17) is 4.42 Å². The van der Waals surface area contributed by atoms with E-state index in [0.29, 0.717) is 6.07 Å². The Morgan fingerprint density at radius 1 is 0.676 bits per heavy atom. The second kappa shape index (κ2) is 9.08. The highest BCUT2D eigenvalue weighted by molar-refractivity contribution is 5.85. The second-order valence-electron chi connectivity index (χ2n) is 7.08. The first-order valence-electron chi connectivity index (χ1n) is 9.36. The smallest absolute Gasteiger partial charge is 0.463 e. The van der Waals surface area contributed by atoms with Crippen molar-refractivity contribution in [1.82, 2.24) is 0 Å². The third kappa shape index (κ3) is 5.22. The van der Waals surface area contributed by atoms with E-state index in [2.05, 4.69) is 9.47 Å². The van der Waals surface area contributed by atoms with E-state index in [0.717, 1.165) is 42.7 Å². The Hall–Kier alpha value is -4.11. The molecule has 0 aliphatic carbocycles. The van der Waals surface area contributed by atoms with E-state index in [9.17, 15) is 58.3 Å². The molecule has 3 rings (SSSR count). The van der Waals surface area contributed by atoms with Gasteiger partial charge < -0.3 is 13.9 Å². The Morgan fingerprint density at radius 2 is 1.14 bits per heavy atom. The van der Waals surface area contributed by atoms with Crippen LogP contribution >= 0.6 is 0 Å². The maximum atomic E-state index is 13.0. The molecule has 0 radical (unpaired) electrons. The largest absolute Gasteiger partial charge is 0.465 e. The lowest BCUT2D eigenvalue weighted by molar-refractivity contribution is -0.276. The van der Waals surface area contributed by atoms with E-state index in [1.807, 2.05) is 0 Å². The van der Waals surface area contributed by atoms with Crippen LogP contribution in [-0.4, -0.2) is 36.1 Å². The van der Waals surface area contributed by atoms with E-state index in [1.54, 1.807) is 0 Å². The number of hydrogen-bond acceptors (Lipinski definition) is 6. The lowest BCUT2D eigenvalue weighted by Gasteiger charge is -2.17. The zero-order valence-corrected chi connectivity index (χ0v) is 17.3. The van der Waals surface area contributed by atoms with Gasteiger partial charge in [-0.05, 0) is 29.8 Å². The van der Waals surface area contributed by atoms with Crippen molar-refractivity contribution in [3.8, 4) is 22.6 Å². The molecule has 0 atom stereocenters. The third-order valence-electron chi connectivity index (χ3n) is 4.56. The van der Waals surface area contributed by atoms with Crippen LogP contribution in [0.3, 0.4) is 0 Å². The SMILES string of the molecule is O=C(Oc1ccc(-c2coc3cc(OC(=O)C(F)(F)C(F)(F)F)ccc3c2=O)cc1)C(F)(F)C(F)(F)F. The molecule has 0 spiro atoms. The molecular weight excluding hydrogens is 538 g/mol. The van der Waals surface area contributed by atoms with Crippen molar-refractivity contribution >= 4 is 22.9 Å². The summed E-state index contributed by atoms with van der Waals surface area (Å²) in [6.07, 6.45) is -11.6. The average Bonchev–Trinajstić information content (AvgIpc) is 2.78. The summed E-state index contributed by atoms with van der Waals surface area (Å²) in [7, 11) is 0. The summed E-state index contributed by atoms with van der Waals surface area (Å²) in [4.78, 5) is 35.1. The van der Waals surface area contributed by atoms with Crippen LogP contribution in [0.4, 0.5) is 43.9 Å². The van der Waals surface area contributed by atoms with Crippen LogP contribution in [0.1, 0.15) is 0 Å². The minimum atomic E-state index is -6.21. The minimum Gasteiger partial charge on any atom is -0.463 e. The standard InChI is InChI=1S/C21H8F10O6/c22-18(23,20(26,27)28)16(33)36-10-3-1-9(2-4-10)13-8-35-14-7-11(5-6-12(14)15(13)32)37-17(34)19(24,25)21(29,30)31/h1-8H. The Bertz CT molecular complexity index is 1400. The zero-order chi connectivity index (χ0) is 28.0. The topological polar surface area (TPSA) is 82.8 Å². The van der Waals surface area contributed by atoms with Gasteiger partial charge in [-0.2, -0.15) is 43.9 Å². The summed E-state index contributed by atoms with van der Waals surface area (Å²) >= 11 is 0. The number of ether oxygens (including phenoxy) is 2. The highest BCUT2D eigenvalue weighted by Crippen LogP contribution is 2.38. The highest BCUT2D eigenvalue weighted by Gasteiger charge is 2.65. The molecule has 0 bridgehead atoms. The van der Waals surface area contributed by atoms with Gasteiger partial charge in [0.2, 0.25) is 0 Å². The molecule has 198 valence electrons. The quantitative estimate of drug-likeness (QED) is 0.233. The normalized spacial score (nSPS) is 12.9. The first-order chi connectivity index (χ1) is 16.9. The van der Waals surface area contributed by atoms with E-state index < -0.39 is 58.6 Å². The number of benzene rings is 2. The summed E-state index contributed by atoms with van der Waals surface area (Å²) in [5, 5.41) is -0.264. The number of carbonyl (C=O) groups excluding carboxylic acids is 2. The first-order valence-corrected chi connectivity index (χ1v) is 9.36. The fourth-order valence-electron chi connectivity index (χ4n) is 2.65. The molecular formula is C21H8F10O6. The maximum absolute atomic E-state index is 13.0. The maximum Gasteiger partial charge on any atom is 0.465 e. The van der Waals surface area contributed by atoms with Crippen molar-refractivity contribution in [2.45, 2.75) is 24.2 Å². The van der Waals surface area contributed by atoms with E-state index in [1.165, 1.54) is 0 Å². The molecule has 0 saturated heterocycles. The van der Waals surface area contributed by atoms with Gasteiger partial charge in [-0.15, -0.1) is 0 Å². The fraction of sp³-hybridized carbons (Fsp3) is 0.190. The van der Waals surface area contributed by atoms with Crippen molar-refractivity contribution in [3.63, 3.8) is 0 Å². The van der Waals surface area contributed by atoms with Crippen LogP contribution in [0.25, 0.3) is 22.1 Å². The van der Waals surface area contributed by atoms with Gasteiger partial charge >= 0.3 is 36.1 Å². The van der Waals surface area contributed by atoms with Crippen LogP contribution in [0.2, 0.25) is 0 Å². The van der Waals surface area contributed by atoms with E-state index >= 15 is 0 Å². The van der Waals surface area contributed by atoms with Crippen LogP contribution < -0.4 is 14.9 Å². The molecule has 0 N–H and O–H groups in total. The predicted molar refractivity (Wildman–Crippen MR) is 101 cm³/mol. The molecule has 3 aromatic rings. The Morgan fingerprint density at radius 3 is 1.62 bits per heavy atom. The van der Waals surface area contributed by atoms with Crippen LogP contribution in [-0.2, 0) is 9.59 Å². The Balaban J connectivity index is 1.84. The van der Waals surface area contributed by atoms with Crippen LogP contribution in [0.15, 0.2) is 57.9 Å². The number of esters is 2. The van der Waals surface area contributed by atoms with Gasteiger partial charge in [0.15, 0.2) is 5.43 Å². The van der Waals surface area contributed by atoms with E-state index in [-0.39, 0.29) is 16.5 Å². The second-order valence-corrected chi connectivity index (χ2v) is 7.08. The van der Waals surface area contributed by atoms with Crippen molar-refractivity contribution in [1.29, 1.82) is 0 Å². The van der Waals surface area contributed by atoms with Gasteiger partial charge in [0.05, 0.1) is 10.9 Å². The molecule has 37 heavy (non-hydrogen) atoms. The molecule has 0 aliphatic rings. The van der Waals surface area contributed by atoms with Crippen molar-refractivity contribution in [3.05, 3.63) is 59.0 Å². The van der Waals surface area contributed by atoms with Gasteiger partial charge in [0.1, 0.15) is 23.3 Å². The number of halogens is 10. The summed E-state index contributed by atoms with van der Waals surface area (Å²) in [5.74, 6) is -18.9. The van der Waals surface area contributed by atoms with Gasteiger partial charge in [-0.3, -0.25) is 4.79 Å². The third-order valence-corrected chi connectivity index (χ3v) is 4.56. The molecule has 6 nitrogen and oxygen atoms in total. The molecule has 0 saturated carbocycles. The van der Waals surface area contributed by atoms with Gasteiger partial charge in [0.25, 0.3) is 0 Å². The summed E-state index contributed by atoms with van der Waals surface area (Å²) < 4.78 is 139. The minimum absolute atomic E-state index is 0.00152. The van der Waals surface area contributed by atoms with Crippen molar-refractivity contribution in [2.75, 3.05) is 0 Å². The number of alkyl halides is 10. The van der Waals surface area contributed by atoms with Gasteiger partial charge in [0, 0.05) is 6.07 Å². The van der Waals surface area contributed by atoms with Crippen LogP contribution in [0, 0.1) is 0 Å². The Kier molecular flexibility index (Phi) is 6.74. The summed E-state index contributed by atoms with van der Waals surface area (Å²) in [6, 6.07) is 5.91. The monoisotopic (exact) mass is 546 g/mol. The summed E-state index contributed by atoms with van der Waals surface area (Å²) in [5.41, 5.74) is -1.43. The van der Waals surface area contributed by atoms with Gasteiger partial charge in [-0.25, -0.2) is 9.59 Å². The number of fused-ring (bicyclic) bond motifs is 1. The molecule has 0 aliphatic heterocycles. The molecule has 1 aromatic heterocycles. The molecule has 2 aromatic carbocycles. The molecule has 0 unspecified atom stereocenters. The molecule has 16 heteroatoms. The van der Waals surface area contributed by atoms with Crippen molar-refractivity contribution in [2.24, 2.45) is 0 Å². The zero-order valence-electron chi connectivity index (χ0n) is 17.3. The lowest BCUT2D eigenvalue weighted by atomic mass is 10.1. The fourth-order valence-corrected chi connectivity index (χ4v) is 2.65.